The lowest BCUT2D eigenvalue weighted by molar-refractivity contribution is -0.0510. The third kappa shape index (κ3) is 8.28. The zero-order valence-electron chi connectivity index (χ0n) is 22.1. The Kier molecular flexibility index (Phi) is 11.4. The molecular formula is C28H48F2N4. The molecule has 0 aromatic heterocycles. The standard InChI is InChI=1S/C28H48F2N4/c1-6-10-25(19-22(4)34(20-31)27(32)21(2)3)33(5)18-15-26(23-11-8-7-9-12-23)24-13-16-28(29,30)17-14-24/h8,11-12,20-22,24-26,31-32H,6-7,9-10,13-19H2,1-5H3. The van der Waals surface area contributed by atoms with Crippen LogP contribution in [0.25, 0.3) is 0 Å². The smallest absolute Gasteiger partial charge is 0.248 e. The Balaban J connectivity index is 2.06. The number of hydrogen-bond donors (Lipinski definition) is 2. The van der Waals surface area contributed by atoms with Gasteiger partial charge in [0.25, 0.3) is 0 Å². The number of alkyl halides is 2. The summed E-state index contributed by atoms with van der Waals surface area (Å²) in [5, 5.41) is 16.2. The van der Waals surface area contributed by atoms with E-state index >= 15 is 0 Å². The van der Waals surface area contributed by atoms with Crippen molar-refractivity contribution in [2.24, 2.45) is 17.8 Å². The predicted octanol–water partition coefficient (Wildman–Crippen LogP) is 7.52. The molecule has 0 spiro atoms. The molecule has 3 atom stereocenters. The van der Waals surface area contributed by atoms with Crippen molar-refractivity contribution >= 4 is 12.2 Å². The van der Waals surface area contributed by atoms with Crippen LogP contribution in [0.4, 0.5) is 8.78 Å². The Morgan fingerprint density at radius 1 is 1.18 bits per heavy atom. The minimum atomic E-state index is -2.48. The van der Waals surface area contributed by atoms with Gasteiger partial charge in [0, 0.05) is 30.8 Å². The number of amidine groups is 1. The Morgan fingerprint density at radius 2 is 1.85 bits per heavy atom. The van der Waals surface area contributed by atoms with Crippen molar-refractivity contribution in [2.45, 2.75) is 110 Å². The van der Waals surface area contributed by atoms with Gasteiger partial charge in [-0.05, 0) is 82.9 Å². The Morgan fingerprint density at radius 3 is 2.38 bits per heavy atom. The lowest BCUT2D eigenvalue weighted by Crippen LogP contribution is -2.44. The largest absolute Gasteiger partial charge is 0.319 e. The summed E-state index contributed by atoms with van der Waals surface area (Å²) in [6, 6.07) is 0.460. The average Bonchev–Trinajstić information content (AvgIpc) is 2.80. The van der Waals surface area contributed by atoms with Crippen molar-refractivity contribution in [3.8, 4) is 0 Å². The molecule has 0 amide bonds. The molecule has 0 aliphatic heterocycles. The highest BCUT2D eigenvalue weighted by Crippen LogP contribution is 2.43. The van der Waals surface area contributed by atoms with Crippen LogP contribution in [0.1, 0.15) is 91.9 Å². The molecule has 1 fully saturated rings. The first kappa shape index (κ1) is 28.7. The summed E-state index contributed by atoms with van der Waals surface area (Å²) in [7, 11) is 2.19. The van der Waals surface area contributed by atoms with Gasteiger partial charge in [-0.15, -0.1) is 0 Å². The highest BCUT2D eigenvalue weighted by atomic mass is 19.3. The molecule has 0 aromatic rings. The first-order valence-electron chi connectivity index (χ1n) is 13.4. The summed E-state index contributed by atoms with van der Waals surface area (Å²) >= 11 is 0. The van der Waals surface area contributed by atoms with Gasteiger partial charge in [-0.3, -0.25) is 10.8 Å². The van der Waals surface area contributed by atoms with Crippen LogP contribution in [0, 0.1) is 28.6 Å². The van der Waals surface area contributed by atoms with Gasteiger partial charge in [0.2, 0.25) is 5.92 Å². The fourth-order valence-electron chi connectivity index (χ4n) is 5.66. The Labute approximate surface area is 206 Å². The van der Waals surface area contributed by atoms with Crippen LogP contribution in [-0.4, -0.2) is 53.6 Å². The summed E-state index contributed by atoms with van der Waals surface area (Å²) in [5.74, 6) is -1.22. The SMILES string of the molecule is CCCC(CC(C)N(C=N)C(=N)C(C)C)N(C)CCC(C1=CCCC=C1)C1CCC(F)(F)CC1. The summed E-state index contributed by atoms with van der Waals surface area (Å²) in [6.45, 7) is 9.25. The predicted molar refractivity (Wildman–Crippen MR) is 140 cm³/mol. The summed E-state index contributed by atoms with van der Waals surface area (Å²) < 4.78 is 27.7. The monoisotopic (exact) mass is 478 g/mol. The molecule has 4 nitrogen and oxygen atoms in total. The van der Waals surface area contributed by atoms with E-state index in [0.29, 0.717) is 36.6 Å². The number of rotatable bonds is 13. The van der Waals surface area contributed by atoms with Crippen LogP contribution in [0.5, 0.6) is 0 Å². The maximum absolute atomic E-state index is 13.8. The quantitative estimate of drug-likeness (QED) is 0.212. The van der Waals surface area contributed by atoms with E-state index in [4.69, 9.17) is 10.8 Å². The van der Waals surface area contributed by atoms with E-state index in [1.165, 1.54) is 11.9 Å². The molecule has 0 aromatic carbocycles. The van der Waals surface area contributed by atoms with Crippen LogP contribution in [-0.2, 0) is 0 Å². The van der Waals surface area contributed by atoms with Gasteiger partial charge >= 0.3 is 0 Å². The number of nitrogens with one attached hydrogen (secondary N) is 2. The molecule has 2 aliphatic rings. The molecule has 6 heteroatoms. The van der Waals surface area contributed by atoms with Crippen LogP contribution in [0.15, 0.2) is 23.8 Å². The summed E-state index contributed by atoms with van der Waals surface area (Å²) in [5.41, 5.74) is 1.36. The highest BCUT2D eigenvalue weighted by Gasteiger charge is 2.38. The van der Waals surface area contributed by atoms with E-state index in [2.05, 4.69) is 44.0 Å². The highest BCUT2D eigenvalue weighted by molar-refractivity contribution is 5.90. The molecule has 3 unspecified atom stereocenters. The van der Waals surface area contributed by atoms with Gasteiger partial charge in [0.1, 0.15) is 5.84 Å². The van der Waals surface area contributed by atoms with Crippen LogP contribution in [0.3, 0.4) is 0 Å². The first-order chi connectivity index (χ1) is 16.1. The van der Waals surface area contributed by atoms with Crippen molar-refractivity contribution in [1.29, 1.82) is 10.8 Å². The van der Waals surface area contributed by atoms with E-state index in [0.717, 1.165) is 45.1 Å². The van der Waals surface area contributed by atoms with E-state index in [9.17, 15) is 8.78 Å². The second kappa shape index (κ2) is 13.5. The zero-order chi connectivity index (χ0) is 25.3. The maximum atomic E-state index is 13.8. The van der Waals surface area contributed by atoms with Crippen LogP contribution < -0.4 is 0 Å². The topological polar surface area (TPSA) is 54.2 Å². The molecule has 2 rings (SSSR count). The number of nitrogens with zero attached hydrogens (tertiary/aromatic N) is 2. The van der Waals surface area contributed by atoms with Crippen molar-refractivity contribution < 1.29 is 8.78 Å². The third-order valence-corrected chi connectivity index (χ3v) is 7.87. The lowest BCUT2D eigenvalue weighted by Gasteiger charge is -2.38. The molecule has 0 heterocycles. The normalized spacial score (nSPS) is 21.3. The summed E-state index contributed by atoms with van der Waals surface area (Å²) in [6.07, 6.45) is 15.6. The van der Waals surface area contributed by atoms with Gasteiger partial charge in [-0.1, -0.05) is 45.4 Å². The van der Waals surface area contributed by atoms with E-state index < -0.39 is 5.92 Å². The molecule has 34 heavy (non-hydrogen) atoms. The fraction of sp³-hybridized carbons (Fsp3) is 0.786. The van der Waals surface area contributed by atoms with Gasteiger partial charge in [0.05, 0.1) is 6.34 Å². The van der Waals surface area contributed by atoms with E-state index in [1.54, 1.807) is 4.90 Å². The van der Waals surface area contributed by atoms with Gasteiger partial charge in [-0.25, -0.2) is 8.78 Å². The minimum absolute atomic E-state index is 0.0260. The van der Waals surface area contributed by atoms with Crippen LogP contribution in [0.2, 0.25) is 0 Å². The molecule has 194 valence electrons. The molecule has 2 aliphatic carbocycles. The average molecular weight is 479 g/mol. The van der Waals surface area contributed by atoms with Crippen molar-refractivity contribution in [3.05, 3.63) is 23.8 Å². The van der Waals surface area contributed by atoms with E-state index in [-0.39, 0.29) is 24.8 Å². The first-order valence-corrected chi connectivity index (χ1v) is 13.4. The molecule has 0 bridgehead atoms. The molecule has 0 saturated heterocycles. The summed E-state index contributed by atoms with van der Waals surface area (Å²) in [4.78, 5) is 4.24. The van der Waals surface area contributed by atoms with Gasteiger partial charge < -0.3 is 9.80 Å². The Hall–Kier alpha value is -1.56. The zero-order valence-corrected chi connectivity index (χ0v) is 22.1. The van der Waals surface area contributed by atoms with Crippen molar-refractivity contribution in [3.63, 3.8) is 0 Å². The molecule has 0 radical (unpaired) electrons. The van der Waals surface area contributed by atoms with Gasteiger partial charge in [-0.2, -0.15) is 0 Å². The van der Waals surface area contributed by atoms with Crippen molar-refractivity contribution in [1.82, 2.24) is 9.80 Å². The maximum Gasteiger partial charge on any atom is 0.248 e. The number of halogens is 2. The number of hydrogen-bond acceptors (Lipinski definition) is 3. The molecule has 1 saturated carbocycles. The fourth-order valence-corrected chi connectivity index (χ4v) is 5.66. The van der Waals surface area contributed by atoms with Gasteiger partial charge in [0.15, 0.2) is 0 Å². The molecule has 2 N–H and O–H groups in total. The van der Waals surface area contributed by atoms with Crippen LogP contribution >= 0.6 is 0 Å². The second-order valence-electron chi connectivity index (χ2n) is 10.9. The number of allylic oxidation sites excluding steroid dienone is 4. The second-order valence-corrected chi connectivity index (χ2v) is 10.9. The van der Waals surface area contributed by atoms with E-state index in [1.807, 2.05) is 13.8 Å². The molecular weight excluding hydrogens is 430 g/mol. The third-order valence-electron chi connectivity index (χ3n) is 7.87. The Bertz CT molecular complexity index is 705. The minimum Gasteiger partial charge on any atom is -0.319 e. The lowest BCUT2D eigenvalue weighted by atomic mass is 9.73. The van der Waals surface area contributed by atoms with Crippen molar-refractivity contribution in [2.75, 3.05) is 13.6 Å².